The molecule has 0 aromatic rings. The summed E-state index contributed by atoms with van der Waals surface area (Å²) >= 11 is 0. The zero-order chi connectivity index (χ0) is 19.8. The topological polar surface area (TPSA) is 82.1 Å². The van der Waals surface area contributed by atoms with Crippen LogP contribution in [0.25, 0.3) is 0 Å². The van der Waals surface area contributed by atoms with Gasteiger partial charge in [0.1, 0.15) is 12.7 Å². The summed E-state index contributed by atoms with van der Waals surface area (Å²) in [5, 5.41) is 0. The average molecular weight is 377 g/mol. The van der Waals surface area contributed by atoms with Crippen LogP contribution in [-0.4, -0.2) is 60.3 Å². The predicted molar refractivity (Wildman–Crippen MR) is 96.6 cm³/mol. The Balaban J connectivity index is 1.94. The Bertz CT molecular complexity index is 711. The van der Waals surface area contributed by atoms with Gasteiger partial charge in [-0.3, -0.25) is 9.69 Å². The molecule has 0 N–H and O–H groups in total. The first-order valence-corrected chi connectivity index (χ1v) is 9.42. The van der Waals surface area contributed by atoms with Gasteiger partial charge < -0.3 is 14.2 Å². The zero-order valence-electron chi connectivity index (χ0n) is 16.3. The number of rotatable bonds is 1. The molecule has 2 saturated heterocycles. The van der Waals surface area contributed by atoms with E-state index in [-0.39, 0.29) is 31.1 Å². The minimum Gasteiger partial charge on any atom is -0.458 e. The standard InChI is InChI=1S/C20H27NO6/c1-5-14-10-12(2)20(4,27-13(3)22)19(24)25-11-15-6-8-21-9-7-16(17(15)21)26-18(14)23/h5-6,12,16-17H,7-11H2,1-4H3/b14-5-/t12-,16-,17-,20-/m0/s1. The monoisotopic (exact) mass is 377 g/mol. The van der Waals surface area contributed by atoms with Crippen molar-refractivity contribution in [1.82, 2.24) is 4.90 Å². The number of esters is 3. The molecule has 7 nitrogen and oxygen atoms in total. The van der Waals surface area contributed by atoms with Crippen LogP contribution in [0.5, 0.6) is 0 Å². The molecular formula is C20H27NO6. The Morgan fingerprint density at radius 2 is 2.15 bits per heavy atom. The molecule has 0 bridgehead atoms. The van der Waals surface area contributed by atoms with E-state index in [1.807, 2.05) is 6.08 Å². The first kappa shape index (κ1) is 19.6. The zero-order valence-corrected chi connectivity index (χ0v) is 16.3. The molecule has 3 rings (SSSR count). The van der Waals surface area contributed by atoms with Crippen LogP contribution in [-0.2, 0) is 28.6 Å². The fourth-order valence-electron chi connectivity index (χ4n) is 4.12. The summed E-state index contributed by atoms with van der Waals surface area (Å²) in [5.41, 5.74) is -0.0802. The Morgan fingerprint density at radius 3 is 2.81 bits per heavy atom. The Labute approximate surface area is 159 Å². The van der Waals surface area contributed by atoms with Crippen LogP contribution in [0.15, 0.2) is 23.3 Å². The van der Waals surface area contributed by atoms with Crippen LogP contribution in [0.4, 0.5) is 0 Å². The van der Waals surface area contributed by atoms with Crippen LogP contribution >= 0.6 is 0 Å². The van der Waals surface area contributed by atoms with Gasteiger partial charge in [0.2, 0.25) is 5.60 Å². The molecule has 0 aromatic heterocycles. The summed E-state index contributed by atoms with van der Waals surface area (Å²) < 4.78 is 16.8. The molecule has 3 aliphatic rings. The van der Waals surface area contributed by atoms with Gasteiger partial charge in [0.25, 0.3) is 0 Å². The van der Waals surface area contributed by atoms with Gasteiger partial charge >= 0.3 is 17.9 Å². The molecule has 7 heteroatoms. The lowest BCUT2D eigenvalue weighted by atomic mass is 9.84. The van der Waals surface area contributed by atoms with Gasteiger partial charge in [0.05, 0.1) is 6.04 Å². The number of carbonyl (C=O) groups is 3. The summed E-state index contributed by atoms with van der Waals surface area (Å²) in [5.74, 6) is -1.99. The van der Waals surface area contributed by atoms with Gasteiger partial charge in [-0.05, 0) is 32.3 Å². The maximum atomic E-state index is 12.9. The predicted octanol–water partition coefficient (Wildman–Crippen LogP) is 1.76. The van der Waals surface area contributed by atoms with E-state index < -0.39 is 23.5 Å². The highest BCUT2D eigenvalue weighted by atomic mass is 16.6. The lowest BCUT2D eigenvalue weighted by Gasteiger charge is -2.34. The lowest BCUT2D eigenvalue weighted by molar-refractivity contribution is -0.185. The SMILES string of the molecule is C/C=C1/C[C@H](C)[C@](C)(OC(C)=O)C(=O)OCC2=CCN3CC[C@H](OC1=O)[C@H]23. The van der Waals surface area contributed by atoms with Crippen molar-refractivity contribution in [3.63, 3.8) is 0 Å². The van der Waals surface area contributed by atoms with Crippen molar-refractivity contribution >= 4 is 17.9 Å². The van der Waals surface area contributed by atoms with E-state index in [1.165, 1.54) is 6.92 Å². The molecule has 0 aliphatic carbocycles. The van der Waals surface area contributed by atoms with Gasteiger partial charge in [0.15, 0.2) is 0 Å². The van der Waals surface area contributed by atoms with Gasteiger partial charge in [-0.25, -0.2) is 9.59 Å². The maximum Gasteiger partial charge on any atom is 0.350 e. The smallest absolute Gasteiger partial charge is 0.350 e. The molecule has 27 heavy (non-hydrogen) atoms. The van der Waals surface area contributed by atoms with Crippen LogP contribution in [0.1, 0.15) is 40.5 Å². The summed E-state index contributed by atoms with van der Waals surface area (Å²) in [6, 6.07) is -0.0586. The minimum atomic E-state index is -1.48. The third-order valence-electron chi connectivity index (χ3n) is 5.88. The van der Waals surface area contributed by atoms with E-state index in [9.17, 15) is 14.4 Å². The number of allylic oxidation sites excluding steroid dienone is 1. The number of hydrogen-bond acceptors (Lipinski definition) is 7. The molecule has 3 heterocycles. The Kier molecular flexibility index (Phi) is 5.42. The van der Waals surface area contributed by atoms with Gasteiger partial charge in [-0.2, -0.15) is 0 Å². The van der Waals surface area contributed by atoms with E-state index in [1.54, 1.807) is 26.8 Å². The highest BCUT2D eigenvalue weighted by Gasteiger charge is 2.47. The van der Waals surface area contributed by atoms with E-state index in [0.29, 0.717) is 5.57 Å². The third-order valence-corrected chi connectivity index (χ3v) is 5.88. The molecule has 4 atom stereocenters. The first-order valence-electron chi connectivity index (χ1n) is 9.42. The molecule has 0 amide bonds. The third kappa shape index (κ3) is 3.65. The normalized spacial score (nSPS) is 36.2. The number of nitrogens with zero attached hydrogens (tertiary/aromatic N) is 1. The van der Waals surface area contributed by atoms with E-state index in [0.717, 1.165) is 25.1 Å². The molecule has 3 aliphatic heterocycles. The van der Waals surface area contributed by atoms with Crippen molar-refractivity contribution < 1.29 is 28.6 Å². The fourth-order valence-corrected chi connectivity index (χ4v) is 4.12. The first-order chi connectivity index (χ1) is 12.8. The van der Waals surface area contributed by atoms with Gasteiger partial charge in [0, 0.05) is 31.5 Å². The molecule has 0 unspecified atom stereocenters. The van der Waals surface area contributed by atoms with Crippen LogP contribution in [0.3, 0.4) is 0 Å². The molecular weight excluding hydrogens is 350 g/mol. The molecule has 2 fully saturated rings. The van der Waals surface area contributed by atoms with Crippen LogP contribution in [0.2, 0.25) is 0 Å². The number of carbonyl (C=O) groups excluding carboxylic acids is 3. The second kappa shape index (κ2) is 7.46. The summed E-state index contributed by atoms with van der Waals surface area (Å²) in [7, 11) is 0. The molecule has 0 spiro atoms. The van der Waals surface area contributed by atoms with E-state index in [2.05, 4.69) is 4.90 Å². The molecule has 0 saturated carbocycles. The fraction of sp³-hybridized carbons (Fsp3) is 0.650. The van der Waals surface area contributed by atoms with Crippen molar-refractivity contribution in [3.05, 3.63) is 23.3 Å². The quantitative estimate of drug-likeness (QED) is 0.298. The second-order valence-corrected chi connectivity index (χ2v) is 7.65. The van der Waals surface area contributed by atoms with E-state index in [4.69, 9.17) is 14.2 Å². The molecule has 148 valence electrons. The number of cyclic esters (lactones) is 1. The summed E-state index contributed by atoms with van der Waals surface area (Å²) in [6.07, 6.45) is 4.49. The van der Waals surface area contributed by atoms with Crippen molar-refractivity contribution in [1.29, 1.82) is 0 Å². The number of ether oxygens (including phenoxy) is 3. The van der Waals surface area contributed by atoms with Crippen LogP contribution < -0.4 is 0 Å². The van der Waals surface area contributed by atoms with Gasteiger partial charge in [-0.1, -0.05) is 19.1 Å². The Morgan fingerprint density at radius 1 is 1.41 bits per heavy atom. The largest absolute Gasteiger partial charge is 0.458 e. The van der Waals surface area contributed by atoms with Crippen LogP contribution in [0, 0.1) is 5.92 Å². The van der Waals surface area contributed by atoms with Crippen molar-refractivity contribution in [2.75, 3.05) is 19.7 Å². The summed E-state index contributed by atoms with van der Waals surface area (Å²) in [6.45, 7) is 8.02. The van der Waals surface area contributed by atoms with Crippen molar-refractivity contribution in [2.24, 2.45) is 5.92 Å². The van der Waals surface area contributed by atoms with Crippen molar-refractivity contribution in [3.8, 4) is 0 Å². The summed E-state index contributed by atoms with van der Waals surface area (Å²) in [4.78, 5) is 39.5. The Hall–Kier alpha value is -2.15. The highest BCUT2D eigenvalue weighted by Crippen LogP contribution is 2.35. The average Bonchev–Trinajstić information content (AvgIpc) is 3.18. The van der Waals surface area contributed by atoms with Crippen molar-refractivity contribution in [2.45, 2.75) is 58.3 Å². The maximum absolute atomic E-state index is 12.9. The minimum absolute atomic E-state index is 0.0586. The second-order valence-electron chi connectivity index (χ2n) is 7.65. The highest BCUT2D eigenvalue weighted by molar-refractivity contribution is 5.89. The molecule has 0 radical (unpaired) electrons. The molecule has 0 aromatic carbocycles. The van der Waals surface area contributed by atoms with Gasteiger partial charge in [-0.15, -0.1) is 0 Å². The number of hydrogen-bond donors (Lipinski definition) is 0. The lowest BCUT2D eigenvalue weighted by Crippen LogP contribution is -2.48. The van der Waals surface area contributed by atoms with E-state index >= 15 is 0 Å².